The molecule has 1 heterocycles. The number of rotatable bonds is 6. The molecule has 3 aromatic rings. The quantitative estimate of drug-likeness (QED) is 0.679. The van der Waals surface area contributed by atoms with E-state index in [1.54, 1.807) is 0 Å². The van der Waals surface area contributed by atoms with E-state index in [2.05, 4.69) is 15.3 Å². The van der Waals surface area contributed by atoms with Crippen LogP contribution in [0.25, 0.3) is 0 Å². The van der Waals surface area contributed by atoms with Crippen molar-refractivity contribution in [1.82, 2.24) is 9.97 Å². The zero-order chi connectivity index (χ0) is 16.8. The van der Waals surface area contributed by atoms with Crippen LogP contribution in [0.15, 0.2) is 60.9 Å². The molecule has 0 aliphatic heterocycles. The zero-order valence-corrected chi connectivity index (χ0v) is 14.1. The predicted molar refractivity (Wildman–Crippen MR) is 96.7 cm³/mol. The minimum absolute atomic E-state index is 0.587. The molecule has 122 valence electrons. The minimum atomic E-state index is 0.587. The van der Waals surface area contributed by atoms with Crippen LogP contribution in [-0.4, -0.2) is 9.97 Å². The smallest absolute Gasteiger partial charge is 0.148 e. The second-order valence-corrected chi connectivity index (χ2v) is 5.63. The molecule has 0 saturated carbocycles. The number of anilines is 1. The molecule has 0 bridgehead atoms. The molecular weight excluding hydrogens is 322 g/mol. The van der Waals surface area contributed by atoms with E-state index in [-0.39, 0.29) is 0 Å². The average Bonchev–Trinajstić information content (AvgIpc) is 2.63. The van der Waals surface area contributed by atoms with E-state index in [4.69, 9.17) is 16.3 Å². The van der Waals surface area contributed by atoms with Crippen molar-refractivity contribution < 1.29 is 4.74 Å². The Morgan fingerprint density at radius 2 is 1.67 bits per heavy atom. The first-order valence-corrected chi connectivity index (χ1v) is 8.19. The van der Waals surface area contributed by atoms with E-state index in [0.717, 1.165) is 29.2 Å². The van der Waals surface area contributed by atoms with Gasteiger partial charge in [-0.25, -0.2) is 9.97 Å². The van der Waals surface area contributed by atoms with Gasteiger partial charge < -0.3 is 10.1 Å². The highest BCUT2D eigenvalue weighted by Gasteiger charge is 2.07. The van der Waals surface area contributed by atoms with Crippen LogP contribution in [0.3, 0.4) is 0 Å². The monoisotopic (exact) mass is 339 g/mol. The number of aromatic nitrogens is 2. The topological polar surface area (TPSA) is 47.0 Å². The van der Waals surface area contributed by atoms with Crippen molar-refractivity contribution in [1.29, 1.82) is 0 Å². The summed E-state index contributed by atoms with van der Waals surface area (Å²) >= 11 is 6.28. The van der Waals surface area contributed by atoms with Crippen molar-refractivity contribution in [2.24, 2.45) is 0 Å². The van der Waals surface area contributed by atoms with Crippen molar-refractivity contribution in [3.8, 4) is 11.5 Å². The highest BCUT2D eigenvalue weighted by molar-refractivity contribution is 6.33. The van der Waals surface area contributed by atoms with E-state index in [1.807, 2.05) is 61.5 Å². The molecule has 0 atom stereocenters. The SMILES string of the molecule is CCc1ncnc(NCc2ccc(Oc3ccccc3)cc2)c1Cl. The molecule has 0 aliphatic carbocycles. The third-order valence-corrected chi connectivity index (χ3v) is 3.96. The Hall–Kier alpha value is -2.59. The van der Waals surface area contributed by atoms with E-state index < -0.39 is 0 Å². The Bertz CT molecular complexity index is 791. The van der Waals surface area contributed by atoms with Crippen LogP contribution in [0.4, 0.5) is 5.82 Å². The summed E-state index contributed by atoms with van der Waals surface area (Å²) in [5.41, 5.74) is 1.96. The molecule has 0 saturated heterocycles. The second kappa shape index (κ2) is 7.79. The molecule has 24 heavy (non-hydrogen) atoms. The van der Waals surface area contributed by atoms with Gasteiger partial charge in [-0.05, 0) is 36.2 Å². The molecule has 1 aromatic heterocycles. The molecule has 0 fully saturated rings. The van der Waals surface area contributed by atoms with Crippen LogP contribution in [0.5, 0.6) is 11.5 Å². The second-order valence-electron chi connectivity index (χ2n) is 5.25. The molecular formula is C19H18ClN3O. The van der Waals surface area contributed by atoms with Crippen LogP contribution < -0.4 is 10.1 Å². The first-order valence-electron chi connectivity index (χ1n) is 7.81. The maximum absolute atomic E-state index is 6.28. The molecule has 0 spiro atoms. The molecule has 1 N–H and O–H groups in total. The number of benzene rings is 2. The molecule has 0 aliphatic rings. The highest BCUT2D eigenvalue weighted by Crippen LogP contribution is 2.24. The van der Waals surface area contributed by atoms with Gasteiger partial charge in [0.2, 0.25) is 0 Å². The molecule has 2 aromatic carbocycles. The van der Waals surface area contributed by atoms with E-state index in [1.165, 1.54) is 6.33 Å². The van der Waals surface area contributed by atoms with Gasteiger partial charge in [0.25, 0.3) is 0 Å². The summed E-state index contributed by atoms with van der Waals surface area (Å²) < 4.78 is 5.78. The Morgan fingerprint density at radius 1 is 0.958 bits per heavy atom. The number of ether oxygens (including phenoxy) is 1. The molecule has 5 heteroatoms. The Morgan fingerprint density at radius 3 is 2.38 bits per heavy atom. The molecule has 3 rings (SSSR count). The fraction of sp³-hybridized carbons (Fsp3) is 0.158. The lowest BCUT2D eigenvalue weighted by Crippen LogP contribution is -2.04. The van der Waals surface area contributed by atoms with Gasteiger partial charge in [-0.2, -0.15) is 0 Å². The van der Waals surface area contributed by atoms with Crippen LogP contribution in [0, 0.1) is 0 Å². The molecule has 0 radical (unpaired) electrons. The average molecular weight is 340 g/mol. The highest BCUT2D eigenvalue weighted by atomic mass is 35.5. The van der Waals surface area contributed by atoms with Crippen molar-refractivity contribution in [3.05, 3.63) is 77.2 Å². The third-order valence-electron chi connectivity index (χ3n) is 3.56. The summed E-state index contributed by atoms with van der Waals surface area (Å²) in [5, 5.41) is 3.84. The summed E-state index contributed by atoms with van der Waals surface area (Å²) in [7, 11) is 0. The predicted octanol–water partition coefficient (Wildman–Crippen LogP) is 5.10. The summed E-state index contributed by atoms with van der Waals surface area (Å²) in [6.07, 6.45) is 2.31. The number of hydrogen-bond acceptors (Lipinski definition) is 4. The molecule has 4 nitrogen and oxygen atoms in total. The van der Waals surface area contributed by atoms with Crippen molar-refractivity contribution in [3.63, 3.8) is 0 Å². The maximum atomic E-state index is 6.28. The normalized spacial score (nSPS) is 10.4. The van der Waals surface area contributed by atoms with Crippen molar-refractivity contribution >= 4 is 17.4 Å². The Kier molecular flexibility index (Phi) is 5.29. The first-order chi connectivity index (χ1) is 11.8. The number of nitrogens with zero attached hydrogens (tertiary/aromatic N) is 2. The standard InChI is InChI=1S/C19H18ClN3O/c1-2-17-18(20)19(23-13-22-17)21-12-14-8-10-16(11-9-14)24-15-6-4-3-5-7-15/h3-11,13H,2,12H2,1H3,(H,21,22,23). The van der Waals surface area contributed by atoms with Gasteiger partial charge in [-0.15, -0.1) is 0 Å². The summed E-state index contributed by atoms with van der Waals surface area (Å²) in [4.78, 5) is 8.36. The summed E-state index contributed by atoms with van der Waals surface area (Å²) in [6.45, 7) is 2.65. The van der Waals surface area contributed by atoms with Gasteiger partial charge in [0, 0.05) is 6.54 Å². The van der Waals surface area contributed by atoms with Crippen LogP contribution >= 0.6 is 11.6 Å². The van der Waals surface area contributed by atoms with Gasteiger partial charge in [0.15, 0.2) is 0 Å². The van der Waals surface area contributed by atoms with E-state index in [0.29, 0.717) is 17.4 Å². The van der Waals surface area contributed by atoms with Crippen molar-refractivity contribution in [2.45, 2.75) is 19.9 Å². The van der Waals surface area contributed by atoms with Crippen LogP contribution in [0.1, 0.15) is 18.2 Å². The lowest BCUT2D eigenvalue weighted by Gasteiger charge is -2.10. The number of aryl methyl sites for hydroxylation is 1. The van der Waals surface area contributed by atoms with Gasteiger partial charge >= 0.3 is 0 Å². The zero-order valence-electron chi connectivity index (χ0n) is 13.4. The van der Waals surface area contributed by atoms with Crippen LogP contribution in [-0.2, 0) is 13.0 Å². The number of halogens is 1. The third kappa shape index (κ3) is 4.03. The molecule has 0 amide bonds. The van der Waals surface area contributed by atoms with Gasteiger partial charge in [0.1, 0.15) is 28.7 Å². The van der Waals surface area contributed by atoms with E-state index >= 15 is 0 Å². The lowest BCUT2D eigenvalue weighted by molar-refractivity contribution is 0.482. The van der Waals surface area contributed by atoms with Gasteiger partial charge in [-0.3, -0.25) is 0 Å². The maximum Gasteiger partial charge on any atom is 0.148 e. The number of para-hydroxylation sites is 1. The fourth-order valence-corrected chi connectivity index (χ4v) is 2.56. The van der Waals surface area contributed by atoms with E-state index in [9.17, 15) is 0 Å². The largest absolute Gasteiger partial charge is 0.457 e. The van der Waals surface area contributed by atoms with Crippen LogP contribution in [0.2, 0.25) is 5.02 Å². The molecule has 0 unspecified atom stereocenters. The Labute approximate surface area is 146 Å². The summed E-state index contributed by atoms with van der Waals surface area (Å²) in [5.74, 6) is 2.29. The number of hydrogen-bond donors (Lipinski definition) is 1. The summed E-state index contributed by atoms with van der Waals surface area (Å²) in [6, 6.07) is 17.6. The first kappa shape index (κ1) is 16.3. The number of nitrogens with one attached hydrogen (secondary N) is 1. The fourth-order valence-electron chi connectivity index (χ4n) is 2.26. The van der Waals surface area contributed by atoms with Gasteiger partial charge in [-0.1, -0.05) is 48.9 Å². The lowest BCUT2D eigenvalue weighted by atomic mass is 10.2. The van der Waals surface area contributed by atoms with Gasteiger partial charge in [0.05, 0.1) is 5.69 Å². The van der Waals surface area contributed by atoms with Crippen molar-refractivity contribution in [2.75, 3.05) is 5.32 Å². The Balaban J connectivity index is 1.62. The minimum Gasteiger partial charge on any atom is -0.457 e.